The van der Waals surface area contributed by atoms with E-state index in [0.29, 0.717) is 24.4 Å². The number of likely N-dealkylation sites (N-methyl/N-ethyl adjacent to an activating group) is 1. The Labute approximate surface area is 181 Å². The van der Waals surface area contributed by atoms with Gasteiger partial charge in [0.1, 0.15) is 17.3 Å². The number of aliphatic hydroxyl groups is 1. The van der Waals surface area contributed by atoms with Gasteiger partial charge in [0.15, 0.2) is 0 Å². The van der Waals surface area contributed by atoms with Gasteiger partial charge in [-0.05, 0) is 55.1 Å². The molecule has 0 bridgehead atoms. The molecule has 2 aromatic rings. The molecule has 1 saturated heterocycles. The summed E-state index contributed by atoms with van der Waals surface area (Å²) in [7, 11) is 1.56. The van der Waals surface area contributed by atoms with Crippen molar-refractivity contribution < 1.29 is 23.8 Å². The van der Waals surface area contributed by atoms with Crippen LogP contribution in [0.2, 0.25) is 0 Å². The summed E-state index contributed by atoms with van der Waals surface area (Å²) in [4.78, 5) is 29.6. The Morgan fingerprint density at radius 2 is 1.68 bits per heavy atom. The van der Waals surface area contributed by atoms with E-state index in [4.69, 9.17) is 4.74 Å². The topological polar surface area (TPSA) is 70.1 Å². The van der Waals surface area contributed by atoms with Gasteiger partial charge in [0.2, 0.25) is 0 Å². The lowest BCUT2D eigenvalue weighted by molar-refractivity contribution is -0.140. The van der Waals surface area contributed by atoms with Gasteiger partial charge in [-0.2, -0.15) is 0 Å². The first-order valence-corrected chi connectivity index (χ1v) is 10.3. The highest BCUT2D eigenvalue weighted by molar-refractivity contribution is 6.46. The maximum Gasteiger partial charge on any atom is 0.295 e. The van der Waals surface area contributed by atoms with Crippen LogP contribution in [0.3, 0.4) is 0 Å². The van der Waals surface area contributed by atoms with Crippen LogP contribution in [0.15, 0.2) is 54.1 Å². The molecule has 1 fully saturated rings. The maximum atomic E-state index is 13.3. The van der Waals surface area contributed by atoms with E-state index in [0.717, 1.165) is 13.1 Å². The van der Waals surface area contributed by atoms with E-state index in [1.54, 1.807) is 31.4 Å². The minimum absolute atomic E-state index is 0.00122. The van der Waals surface area contributed by atoms with Crippen molar-refractivity contribution in [2.75, 3.05) is 33.3 Å². The number of Topliss-reactive ketones (excluding diaryl/α,β-unsaturated/α-hetero) is 1. The van der Waals surface area contributed by atoms with Crippen molar-refractivity contribution in [3.63, 3.8) is 0 Å². The Bertz CT molecular complexity index is 966. The maximum absolute atomic E-state index is 13.3. The van der Waals surface area contributed by atoms with Crippen molar-refractivity contribution in [2.24, 2.45) is 0 Å². The number of rotatable bonds is 8. The highest BCUT2D eigenvalue weighted by Gasteiger charge is 2.45. The number of amides is 1. The summed E-state index contributed by atoms with van der Waals surface area (Å²) in [5.74, 6) is -1.53. The average molecular weight is 426 g/mol. The zero-order valence-corrected chi connectivity index (χ0v) is 18.0. The largest absolute Gasteiger partial charge is 0.507 e. The van der Waals surface area contributed by atoms with Crippen molar-refractivity contribution in [1.82, 2.24) is 9.80 Å². The van der Waals surface area contributed by atoms with Crippen LogP contribution < -0.4 is 4.74 Å². The predicted octanol–water partition coefficient (Wildman–Crippen LogP) is 3.60. The monoisotopic (exact) mass is 426 g/mol. The van der Waals surface area contributed by atoms with E-state index in [2.05, 4.69) is 4.90 Å². The molecule has 0 aliphatic carbocycles. The average Bonchev–Trinajstić information content (AvgIpc) is 3.04. The van der Waals surface area contributed by atoms with Gasteiger partial charge in [-0.25, -0.2) is 4.39 Å². The van der Waals surface area contributed by atoms with Gasteiger partial charge >= 0.3 is 0 Å². The number of halogens is 1. The molecular formula is C24H27FN2O4. The van der Waals surface area contributed by atoms with Gasteiger partial charge in [-0.15, -0.1) is 0 Å². The van der Waals surface area contributed by atoms with E-state index in [9.17, 15) is 19.1 Å². The van der Waals surface area contributed by atoms with Crippen molar-refractivity contribution in [1.29, 1.82) is 0 Å². The molecule has 0 unspecified atom stereocenters. The molecule has 1 atom stereocenters. The van der Waals surface area contributed by atoms with Crippen LogP contribution in [-0.4, -0.2) is 59.9 Å². The lowest BCUT2D eigenvalue weighted by Gasteiger charge is -2.28. The lowest BCUT2D eigenvalue weighted by Crippen LogP contribution is -2.38. The fourth-order valence-electron chi connectivity index (χ4n) is 3.80. The summed E-state index contributed by atoms with van der Waals surface area (Å²) >= 11 is 0. The summed E-state index contributed by atoms with van der Waals surface area (Å²) < 4.78 is 18.6. The van der Waals surface area contributed by atoms with Gasteiger partial charge in [0.05, 0.1) is 18.7 Å². The molecular weight excluding hydrogens is 399 g/mol. The fourth-order valence-corrected chi connectivity index (χ4v) is 3.80. The van der Waals surface area contributed by atoms with Crippen LogP contribution in [-0.2, 0) is 9.59 Å². The molecule has 1 aliphatic rings. The number of likely N-dealkylation sites (tertiary alicyclic amines) is 1. The molecule has 0 aromatic heterocycles. The molecule has 1 amide bonds. The van der Waals surface area contributed by atoms with Gasteiger partial charge in [-0.1, -0.05) is 26.0 Å². The molecule has 6 nitrogen and oxygen atoms in total. The number of ether oxygens (including phenoxy) is 1. The van der Waals surface area contributed by atoms with E-state index >= 15 is 0 Å². The highest BCUT2D eigenvalue weighted by Crippen LogP contribution is 2.39. The second-order valence-corrected chi connectivity index (χ2v) is 7.30. The second-order valence-electron chi connectivity index (χ2n) is 7.30. The number of hydrogen-bond acceptors (Lipinski definition) is 5. The van der Waals surface area contributed by atoms with Crippen LogP contribution in [0.5, 0.6) is 5.75 Å². The molecule has 2 aromatic carbocycles. The van der Waals surface area contributed by atoms with Crippen LogP contribution in [0.25, 0.3) is 5.76 Å². The summed E-state index contributed by atoms with van der Waals surface area (Å²) in [6.07, 6.45) is 0. The Balaban J connectivity index is 2.08. The number of carbonyl (C=O) groups is 2. The minimum atomic E-state index is -0.748. The summed E-state index contributed by atoms with van der Waals surface area (Å²) in [6.45, 7) is 6.65. The molecule has 7 heteroatoms. The number of carbonyl (C=O) groups excluding carboxylic acids is 2. The molecule has 1 N–H and O–H groups in total. The summed E-state index contributed by atoms with van der Waals surface area (Å²) in [5, 5.41) is 10.9. The Morgan fingerprint density at radius 3 is 2.23 bits per heavy atom. The third-order valence-corrected chi connectivity index (χ3v) is 5.64. The number of nitrogens with zero attached hydrogens (tertiary/aromatic N) is 2. The summed E-state index contributed by atoms with van der Waals surface area (Å²) in [5.41, 5.74) is 0.964. The predicted molar refractivity (Wildman–Crippen MR) is 116 cm³/mol. The van der Waals surface area contributed by atoms with Gasteiger partial charge in [0, 0.05) is 18.7 Å². The van der Waals surface area contributed by atoms with Crippen LogP contribution in [0.4, 0.5) is 4.39 Å². The quantitative estimate of drug-likeness (QED) is 0.397. The third-order valence-electron chi connectivity index (χ3n) is 5.64. The lowest BCUT2D eigenvalue weighted by atomic mass is 9.95. The van der Waals surface area contributed by atoms with Crippen LogP contribution in [0.1, 0.15) is 31.0 Å². The van der Waals surface area contributed by atoms with Crippen LogP contribution in [0, 0.1) is 5.82 Å². The standard InChI is InChI=1S/C24H27FN2O4/c1-4-26(5-2)14-15-27-21(16-8-12-19(31-3)13-9-16)20(23(29)24(27)30)22(28)17-6-10-18(25)11-7-17/h6-13,21,28H,4-5,14-15H2,1-3H3/b22-20+/t21-/m1/s1. The van der Waals surface area contributed by atoms with Gasteiger partial charge in [-0.3, -0.25) is 9.59 Å². The number of ketones is 1. The first kappa shape index (κ1) is 22.5. The van der Waals surface area contributed by atoms with E-state index < -0.39 is 23.5 Å². The van der Waals surface area contributed by atoms with Crippen molar-refractivity contribution in [3.8, 4) is 5.75 Å². The molecule has 0 spiro atoms. The molecule has 31 heavy (non-hydrogen) atoms. The SMILES string of the molecule is CCN(CC)CCN1C(=O)C(=O)/C(=C(/O)c2ccc(F)cc2)[C@H]1c1ccc(OC)cc1. The normalized spacial score (nSPS) is 18.1. The molecule has 1 aliphatic heterocycles. The smallest absolute Gasteiger partial charge is 0.295 e. The number of methoxy groups -OCH3 is 1. The third kappa shape index (κ3) is 4.61. The van der Waals surface area contributed by atoms with Crippen molar-refractivity contribution in [2.45, 2.75) is 19.9 Å². The number of hydrogen-bond donors (Lipinski definition) is 1. The van der Waals surface area contributed by atoms with E-state index in [1.165, 1.54) is 29.2 Å². The second kappa shape index (κ2) is 9.75. The number of benzene rings is 2. The molecule has 1 heterocycles. The number of aliphatic hydroxyl groups excluding tert-OH is 1. The van der Waals surface area contributed by atoms with Gasteiger partial charge < -0.3 is 19.6 Å². The Morgan fingerprint density at radius 1 is 1.06 bits per heavy atom. The summed E-state index contributed by atoms with van der Waals surface area (Å²) in [6, 6.07) is 11.5. The first-order chi connectivity index (χ1) is 14.9. The highest BCUT2D eigenvalue weighted by atomic mass is 19.1. The zero-order chi connectivity index (χ0) is 22.5. The van der Waals surface area contributed by atoms with Crippen molar-refractivity contribution in [3.05, 3.63) is 71.0 Å². The van der Waals surface area contributed by atoms with Gasteiger partial charge in [0.25, 0.3) is 11.7 Å². The fraction of sp³-hybridized carbons (Fsp3) is 0.333. The van der Waals surface area contributed by atoms with E-state index in [1.807, 2.05) is 13.8 Å². The Hall–Kier alpha value is -3.19. The van der Waals surface area contributed by atoms with Crippen LogP contribution >= 0.6 is 0 Å². The zero-order valence-electron chi connectivity index (χ0n) is 18.0. The Kier molecular flexibility index (Phi) is 7.07. The molecule has 0 saturated carbocycles. The first-order valence-electron chi connectivity index (χ1n) is 10.3. The van der Waals surface area contributed by atoms with E-state index in [-0.39, 0.29) is 16.9 Å². The molecule has 3 rings (SSSR count). The molecule has 164 valence electrons. The van der Waals surface area contributed by atoms with Crippen molar-refractivity contribution >= 4 is 17.4 Å². The minimum Gasteiger partial charge on any atom is -0.507 e. The molecule has 0 radical (unpaired) electrons.